The number of hydrogen-bond acceptors (Lipinski definition) is 3. The molecule has 1 amide bonds. The van der Waals surface area contributed by atoms with Gasteiger partial charge in [-0.3, -0.25) is 9.89 Å². The standard InChI is InChI=1S/C18H16Cl2N4O.ClH/c19-13-2-1-3-14(20)16(13)10-4-5-15-12(8-10)17(24-23-15)22-18(25)11-6-7-21-9-11;/h1-5,8,11,21H,6-7,9H2,(H2,22,23,24,25);1H/t11-;/m0./s1. The number of carbonyl (C=O) groups excluding carboxylic acids is 1. The number of benzene rings is 2. The van der Waals surface area contributed by atoms with Crippen LogP contribution in [0.2, 0.25) is 10.0 Å². The smallest absolute Gasteiger partial charge is 0.230 e. The van der Waals surface area contributed by atoms with E-state index in [0.29, 0.717) is 22.4 Å². The van der Waals surface area contributed by atoms with Crippen LogP contribution in [0.25, 0.3) is 22.0 Å². The molecule has 136 valence electrons. The van der Waals surface area contributed by atoms with Crippen LogP contribution < -0.4 is 10.6 Å². The van der Waals surface area contributed by atoms with Gasteiger partial charge in [-0.15, -0.1) is 12.4 Å². The molecule has 2 heterocycles. The summed E-state index contributed by atoms with van der Waals surface area (Å²) in [6.07, 6.45) is 0.842. The minimum Gasteiger partial charge on any atom is -0.316 e. The highest BCUT2D eigenvalue weighted by Crippen LogP contribution is 2.36. The molecule has 8 heteroatoms. The highest BCUT2D eigenvalue weighted by atomic mass is 35.5. The summed E-state index contributed by atoms with van der Waals surface area (Å²) in [4.78, 5) is 12.4. The molecule has 3 N–H and O–H groups in total. The third-order valence-corrected chi connectivity index (χ3v) is 5.12. The summed E-state index contributed by atoms with van der Waals surface area (Å²) >= 11 is 12.6. The Bertz CT molecular complexity index is 931. The zero-order valence-corrected chi connectivity index (χ0v) is 16.0. The normalized spacial score (nSPS) is 16.5. The number of nitrogens with one attached hydrogen (secondary N) is 3. The Morgan fingerprint density at radius 1 is 1.19 bits per heavy atom. The van der Waals surface area contributed by atoms with Crippen LogP contribution in [0.5, 0.6) is 0 Å². The monoisotopic (exact) mass is 410 g/mol. The number of nitrogens with zero attached hydrogens (tertiary/aromatic N) is 1. The Hall–Kier alpha value is -1.79. The van der Waals surface area contributed by atoms with Gasteiger partial charge in [0.1, 0.15) is 0 Å². The van der Waals surface area contributed by atoms with E-state index >= 15 is 0 Å². The van der Waals surface area contributed by atoms with Gasteiger partial charge < -0.3 is 10.6 Å². The van der Waals surface area contributed by atoms with Crippen LogP contribution in [0.4, 0.5) is 5.82 Å². The van der Waals surface area contributed by atoms with E-state index < -0.39 is 0 Å². The lowest BCUT2D eigenvalue weighted by atomic mass is 10.0. The van der Waals surface area contributed by atoms with Crippen LogP contribution in [0.1, 0.15) is 6.42 Å². The van der Waals surface area contributed by atoms with Gasteiger partial charge in [0.05, 0.1) is 11.4 Å². The van der Waals surface area contributed by atoms with Crippen molar-refractivity contribution in [1.82, 2.24) is 15.5 Å². The number of amides is 1. The second-order valence-electron chi connectivity index (χ2n) is 6.11. The van der Waals surface area contributed by atoms with Gasteiger partial charge in [0.25, 0.3) is 0 Å². The van der Waals surface area contributed by atoms with Crippen molar-refractivity contribution in [3.8, 4) is 11.1 Å². The number of carbonyl (C=O) groups is 1. The van der Waals surface area contributed by atoms with Crippen LogP contribution >= 0.6 is 35.6 Å². The molecular formula is C18H17Cl3N4O. The largest absolute Gasteiger partial charge is 0.316 e. The summed E-state index contributed by atoms with van der Waals surface area (Å²) in [6.45, 7) is 1.57. The maximum atomic E-state index is 12.4. The first kappa shape index (κ1) is 19.0. The minimum atomic E-state index is -0.0204. The molecule has 0 aliphatic carbocycles. The number of rotatable bonds is 3. The summed E-state index contributed by atoms with van der Waals surface area (Å²) in [5.74, 6) is 0.490. The van der Waals surface area contributed by atoms with E-state index in [1.54, 1.807) is 12.1 Å². The summed E-state index contributed by atoms with van der Waals surface area (Å²) < 4.78 is 0. The first-order valence-electron chi connectivity index (χ1n) is 8.07. The second kappa shape index (κ2) is 7.84. The predicted octanol–water partition coefficient (Wildman–Crippen LogP) is 4.51. The van der Waals surface area contributed by atoms with Gasteiger partial charge in [-0.2, -0.15) is 5.10 Å². The Morgan fingerprint density at radius 2 is 1.96 bits per heavy atom. The third-order valence-electron chi connectivity index (χ3n) is 4.49. The molecule has 0 bridgehead atoms. The Morgan fingerprint density at radius 3 is 2.65 bits per heavy atom. The highest BCUT2D eigenvalue weighted by molar-refractivity contribution is 6.39. The number of halogens is 3. The number of H-pyrrole nitrogens is 1. The van der Waals surface area contributed by atoms with Crippen molar-refractivity contribution in [2.24, 2.45) is 5.92 Å². The quantitative estimate of drug-likeness (QED) is 0.594. The molecule has 26 heavy (non-hydrogen) atoms. The lowest BCUT2D eigenvalue weighted by Crippen LogP contribution is -2.24. The van der Waals surface area contributed by atoms with E-state index in [-0.39, 0.29) is 24.2 Å². The molecule has 2 aromatic carbocycles. The van der Waals surface area contributed by atoms with Gasteiger partial charge >= 0.3 is 0 Å². The van der Waals surface area contributed by atoms with E-state index in [9.17, 15) is 4.79 Å². The molecule has 1 aliphatic heterocycles. The molecule has 1 aromatic heterocycles. The zero-order chi connectivity index (χ0) is 17.4. The molecule has 1 aliphatic rings. The molecule has 1 atom stereocenters. The average molecular weight is 412 g/mol. The van der Waals surface area contributed by atoms with Gasteiger partial charge in [-0.25, -0.2) is 0 Å². The third kappa shape index (κ3) is 3.53. The molecule has 0 unspecified atom stereocenters. The summed E-state index contributed by atoms with van der Waals surface area (Å²) in [7, 11) is 0. The van der Waals surface area contributed by atoms with Crippen molar-refractivity contribution in [2.75, 3.05) is 18.4 Å². The molecular weight excluding hydrogens is 395 g/mol. The van der Waals surface area contributed by atoms with Crippen LogP contribution in [-0.2, 0) is 4.79 Å². The molecule has 5 nitrogen and oxygen atoms in total. The van der Waals surface area contributed by atoms with Crippen molar-refractivity contribution >= 4 is 58.2 Å². The minimum absolute atomic E-state index is 0. The topological polar surface area (TPSA) is 69.8 Å². The van der Waals surface area contributed by atoms with Gasteiger partial charge in [-0.05, 0) is 42.8 Å². The van der Waals surface area contributed by atoms with E-state index in [2.05, 4.69) is 20.8 Å². The van der Waals surface area contributed by atoms with Crippen LogP contribution in [-0.4, -0.2) is 29.2 Å². The van der Waals surface area contributed by atoms with Crippen LogP contribution in [0, 0.1) is 5.92 Å². The van der Waals surface area contributed by atoms with E-state index in [0.717, 1.165) is 35.0 Å². The molecule has 1 saturated heterocycles. The SMILES string of the molecule is Cl.O=C(Nc1n[nH]c2ccc(-c3c(Cl)cccc3Cl)cc12)[C@H]1CCNC1. The van der Waals surface area contributed by atoms with Crippen molar-refractivity contribution in [1.29, 1.82) is 0 Å². The van der Waals surface area contributed by atoms with Crippen molar-refractivity contribution in [3.05, 3.63) is 46.4 Å². The molecule has 0 spiro atoms. The molecule has 0 saturated carbocycles. The van der Waals surface area contributed by atoms with E-state index in [1.807, 2.05) is 24.3 Å². The Kier molecular flexibility index (Phi) is 5.73. The number of fused-ring (bicyclic) bond motifs is 1. The van der Waals surface area contributed by atoms with Crippen LogP contribution in [0.15, 0.2) is 36.4 Å². The maximum Gasteiger partial charge on any atom is 0.230 e. The fourth-order valence-corrected chi connectivity index (χ4v) is 3.75. The van der Waals surface area contributed by atoms with Crippen molar-refractivity contribution in [2.45, 2.75) is 6.42 Å². The summed E-state index contributed by atoms with van der Waals surface area (Å²) in [5.41, 5.74) is 2.49. The zero-order valence-electron chi connectivity index (χ0n) is 13.7. The molecule has 1 fully saturated rings. The fraction of sp³-hybridized carbons (Fsp3) is 0.222. The number of hydrogen-bond donors (Lipinski definition) is 3. The highest BCUT2D eigenvalue weighted by Gasteiger charge is 2.23. The van der Waals surface area contributed by atoms with Gasteiger partial charge in [0.15, 0.2) is 5.82 Å². The van der Waals surface area contributed by atoms with Gasteiger partial charge in [-0.1, -0.05) is 35.3 Å². The average Bonchev–Trinajstić information content (AvgIpc) is 3.25. The van der Waals surface area contributed by atoms with E-state index in [1.165, 1.54) is 0 Å². The molecule has 4 rings (SSSR count). The number of anilines is 1. The van der Waals surface area contributed by atoms with Gasteiger partial charge in [0.2, 0.25) is 5.91 Å². The van der Waals surface area contributed by atoms with Gasteiger partial charge in [0, 0.05) is 27.5 Å². The van der Waals surface area contributed by atoms with Crippen molar-refractivity contribution < 1.29 is 4.79 Å². The van der Waals surface area contributed by atoms with Crippen molar-refractivity contribution in [3.63, 3.8) is 0 Å². The molecule has 0 radical (unpaired) electrons. The predicted molar refractivity (Wildman–Crippen MR) is 108 cm³/mol. The lowest BCUT2D eigenvalue weighted by Gasteiger charge is -2.09. The first-order chi connectivity index (χ1) is 12.1. The lowest BCUT2D eigenvalue weighted by molar-refractivity contribution is -0.119. The number of aromatic amines is 1. The fourth-order valence-electron chi connectivity index (χ4n) is 3.14. The Balaban J connectivity index is 0.00000196. The maximum absolute atomic E-state index is 12.4. The number of aromatic nitrogens is 2. The van der Waals surface area contributed by atoms with E-state index in [4.69, 9.17) is 23.2 Å². The second-order valence-corrected chi connectivity index (χ2v) is 6.92. The molecule has 3 aromatic rings. The first-order valence-corrected chi connectivity index (χ1v) is 8.83. The summed E-state index contributed by atoms with van der Waals surface area (Å²) in [5, 5.41) is 15.3. The van der Waals surface area contributed by atoms with Crippen LogP contribution in [0.3, 0.4) is 0 Å². The Labute approximate surface area is 166 Å². The summed E-state index contributed by atoms with van der Waals surface area (Å²) in [6, 6.07) is 11.2.